The lowest BCUT2D eigenvalue weighted by atomic mass is 9.85. The Balaban J connectivity index is 1.64. The lowest BCUT2D eigenvalue weighted by molar-refractivity contribution is -0.126. The summed E-state index contributed by atoms with van der Waals surface area (Å²) in [5.41, 5.74) is 7.20. The Labute approximate surface area is 154 Å². The molecule has 3 unspecified atom stereocenters. The monoisotopic (exact) mass is 365 g/mol. The van der Waals surface area contributed by atoms with Crippen LogP contribution in [0.15, 0.2) is 24.3 Å². The number of carbonyl (C=O) groups excluding carboxylic acids is 1. The van der Waals surface area contributed by atoms with Gasteiger partial charge in [-0.2, -0.15) is 0 Å². The Morgan fingerprint density at radius 3 is 2.68 bits per heavy atom. The zero-order chi connectivity index (χ0) is 17.6. The van der Waals surface area contributed by atoms with Crippen LogP contribution in [0, 0.1) is 5.92 Å². The van der Waals surface area contributed by atoms with Crippen molar-refractivity contribution in [1.82, 2.24) is 10.2 Å². The third-order valence-electron chi connectivity index (χ3n) is 5.30. The fourth-order valence-electron chi connectivity index (χ4n) is 3.84. The molecule has 0 radical (unpaired) electrons. The number of ether oxygens (including phenoxy) is 1. The standard InChI is InChI=1S/C19H28ClN3O2/c20-16-6-4-14(5-7-16)18(23-8-10-25-11-9-23)13-22-19(24)15-2-1-3-17(21)12-15/h4-7,15,17-18H,1-3,8-13,21H2,(H,22,24). The van der Waals surface area contributed by atoms with Gasteiger partial charge in [0.05, 0.1) is 19.3 Å². The van der Waals surface area contributed by atoms with E-state index in [4.69, 9.17) is 22.1 Å². The van der Waals surface area contributed by atoms with Crippen LogP contribution in [0.2, 0.25) is 5.02 Å². The molecule has 1 heterocycles. The first-order valence-electron chi connectivity index (χ1n) is 9.24. The second-order valence-electron chi connectivity index (χ2n) is 7.08. The van der Waals surface area contributed by atoms with E-state index >= 15 is 0 Å². The van der Waals surface area contributed by atoms with Crippen molar-refractivity contribution in [2.75, 3.05) is 32.8 Å². The number of benzene rings is 1. The van der Waals surface area contributed by atoms with Gasteiger partial charge in [0.15, 0.2) is 0 Å². The molecule has 2 aliphatic rings. The van der Waals surface area contributed by atoms with Crippen molar-refractivity contribution in [2.45, 2.75) is 37.8 Å². The molecule has 0 spiro atoms. The molecular weight excluding hydrogens is 338 g/mol. The van der Waals surface area contributed by atoms with Crippen LogP contribution in [0.25, 0.3) is 0 Å². The second kappa shape index (κ2) is 8.99. The molecule has 1 saturated heterocycles. The van der Waals surface area contributed by atoms with E-state index in [1.807, 2.05) is 24.3 Å². The van der Waals surface area contributed by atoms with Crippen LogP contribution in [0.4, 0.5) is 0 Å². The fraction of sp³-hybridized carbons (Fsp3) is 0.632. The van der Waals surface area contributed by atoms with Crippen molar-refractivity contribution in [3.63, 3.8) is 0 Å². The Kier molecular flexibility index (Phi) is 6.70. The van der Waals surface area contributed by atoms with Crippen LogP contribution in [0.1, 0.15) is 37.3 Å². The van der Waals surface area contributed by atoms with Crippen LogP contribution < -0.4 is 11.1 Å². The topological polar surface area (TPSA) is 67.6 Å². The van der Waals surface area contributed by atoms with Crippen LogP contribution in [-0.4, -0.2) is 49.7 Å². The van der Waals surface area contributed by atoms with Crippen LogP contribution in [0.3, 0.4) is 0 Å². The average Bonchev–Trinajstić information content (AvgIpc) is 2.64. The molecule has 3 atom stereocenters. The molecule has 1 aliphatic carbocycles. The SMILES string of the molecule is NC1CCCC(C(=O)NCC(c2ccc(Cl)cc2)N2CCOCC2)C1. The van der Waals surface area contributed by atoms with Gasteiger partial charge < -0.3 is 15.8 Å². The van der Waals surface area contributed by atoms with Crippen LogP contribution >= 0.6 is 11.6 Å². The van der Waals surface area contributed by atoms with Crippen molar-refractivity contribution in [1.29, 1.82) is 0 Å². The molecule has 2 fully saturated rings. The maximum Gasteiger partial charge on any atom is 0.223 e. The third kappa shape index (κ3) is 5.17. The third-order valence-corrected chi connectivity index (χ3v) is 5.55. The molecule has 138 valence electrons. The average molecular weight is 366 g/mol. The van der Waals surface area contributed by atoms with Crippen LogP contribution in [0.5, 0.6) is 0 Å². The number of nitrogens with zero attached hydrogens (tertiary/aromatic N) is 1. The van der Waals surface area contributed by atoms with Crippen LogP contribution in [-0.2, 0) is 9.53 Å². The highest BCUT2D eigenvalue weighted by atomic mass is 35.5. The number of hydrogen-bond donors (Lipinski definition) is 2. The summed E-state index contributed by atoms with van der Waals surface area (Å²) < 4.78 is 5.47. The molecule has 1 aliphatic heterocycles. The first-order chi connectivity index (χ1) is 12.1. The van der Waals surface area contributed by atoms with Crippen molar-refractivity contribution in [2.24, 2.45) is 11.7 Å². The molecule has 1 aromatic carbocycles. The summed E-state index contributed by atoms with van der Waals surface area (Å²) in [6, 6.07) is 8.22. The summed E-state index contributed by atoms with van der Waals surface area (Å²) in [5, 5.41) is 3.90. The van der Waals surface area contributed by atoms with Crippen molar-refractivity contribution >= 4 is 17.5 Å². The number of halogens is 1. The van der Waals surface area contributed by atoms with E-state index in [0.29, 0.717) is 6.54 Å². The normalized spacial score (nSPS) is 26.2. The van der Waals surface area contributed by atoms with Gasteiger partial charge in [0.1, 0.15) is 0 Å². The molecule has 5 nitrogen and oxygen atoms in total. The number of carbonyl (C=O) groups is 1. The summed E-state index contributed by atoms with van der Waals surface area (Å²) in [5.74, 6) is 0.196. The quantitative estimate of drug-likeness (QED) is 0.840. The molecule has 6 heteroatoms. The Morgan fingerprint density at radius 1 is 1.28 bits per heavy atom. The van der Waals surface area contributed by atoms with E-state index in [-0.39, 0.29) is 23.9 Å². The molecule has 1 aromatic rings. The van der Waals surface area contributed by atoms with Gasteiger partial charge in [0.25, 0.3) is 0 Å². The summed E-state index contributed by atoms with van der Waals surface area (Å²) in [7, 11) is 0. The summed E-state index contributed by atoms with van der Waals surface area (Å²) in [4.78, 5) is 15.0. The fourth-order valence-corrected chi connectivity index (χ4v) is 3.97. The zero-order valence-electron chi connectivity index (χ0n) is 14.6. The molecule has 3 N–H and O–H groups in total. The van der Waals surface area contributed by atoms with Gasteiger partial charge in [-0.1, -0.05) is 30.2 Å². The summed E-state index contributed by atoms with van der Waals surface area (Å²) >= 11 is 6.03. The molecule has 1 saturated carbocycles. The lowest BCUT2D eigenvalue weighted by Crippen LogP contribution is -2.45. The van der Waals surface area contributed by atoms with Gasteiger partial charge in [-0.05, 0) is 37.0 Å². The minimum atomic E-state index is 0.0549. The molecule has 0 aromatic heterocycles. The second-order valence-corrected chi connectivity index (χ2v) is 7.52. The lowest BCUT2D eigenvalue weighted by Gasteiger charge is -2.35. The van der Waals surface area contributed by atoms with Gasteiger partial charge in [-0.15, -0.1) is 0 Å². The van der Waals surface area contributed by atoms with E-state index in [0.717, 1.165) is 57.0 Å². The van der Waals surface area contributed by atoms with Gasteiger partial charge in [0.2, 0.25) is 5.91 Å². The Bertz CT molecular complexity index is 560. The molecular formula is C19H28ClN3O2. The predicted octanol–water partition coefficient (Wildman–Crippen LogP) is 2.35. The van der Waals surface area contributed by atoms with E-state index < -0.39 is 0 Å². The molecule has 25 heavy (non-hydrogen) atoms. The van der Waals surface area contributed by atoms with E-state index in [1.54, 1.807) is 0 Å². The minimum absolute atomic E-state index is 0.0549. The number of nitrogens with two attached hydrogens (primary N) is 1. The summed E-state index contributed by atoms with van der Waals surface area (Å²) in [6.07, 6.45) is 3.83. The maximum absolute atomic E-state index is 12.6. The zero-order valence-corrected chi connectivity index (χ0v) is 15.4. The van der Waals surface area contributed by atoms with Crippen molar-refractivity contribution in [3.05, 3.63) is 34.9 Å². The molecule has 3 rings (SSSR count). The van der Waals surface area contributed by atoms with Crippen molar-refractivity contribution < 1.29 is 9.53 Å². The maximum atomic E-state index is 12.6. The van der Waals surface area contributed by atoms with E-state index in [1.165, 1.54) is 5.56 Å². The highest BCUT2D eigenvalue weighted by molar-refractivity contribution is 6.30. The predicted molar refractivity (Wildman–Crippen MR) is 99.5 cm³/mol. The van der Waals surface area contributed by atoms with E-state index in [9.17, 15) is 4.79 Å². The molecule has 0 bridgehead atoms. The smallest absolute Gasteiger partial charge is 0.223 e. The highest BCUT2D eigenvalue weighted by Gasteiger charge is 2.27. The minimum Gasteiger partial charge on any atom is -0.379 e. The van der Waals surface area contributed by atoms with Gasteiger partial charge >= 0.3 is 0 Å². The Morgan fingerprint density at radius 2 is 2.00 bits per heavy atom. The number of amides is 1. The largest absolute Gasteiger partial charge is 0.379 e. The number of nitrogens with one attached hydrogen (secondary N) is 1. The summed E-state index contributed by atoms with van der Waals surface area (Å²) in [6.45, 7) is 3.81. The first-order valence-corrected chi connectivity index (χ1v) is 9.62. The van der Waals surface area contributed by atoms with Gasteiger partial charge in [0, 0.05) is 36.6 Å². The number of hydrogen-bond acceptors (Lipinski definition) is 4. The highest BCUT2D eigenvalue weighted by Crippen LogP contribution is 2.25. The number of morpholine rings is 1. The molecule has 1 amide bonds. The first kappa shape index (κ1) is 18.6. The Hall–Kier alpha value is -1.14. The van der Waals surface area contributed by atoms with Gasteiger partial charge in [-0.3, -0.25) is 9.69 Å². The van der Waals surface area contributed by atoms with Crippen molar-refractivity contribution in [3.8, 4) is 0 Å². The van der Waals surface area contributed by atoms with E-state index in [2.05, 4.69) is 10.2 Å². The number of rotatable bonds is 5. The van der Waals surface area contributed by atoms with Gasteiger partial charge in [-0.25, -0.2) is 0 Å².